The summed E-state index contributed by atoms with van der Waals surface area (Å²) < 4.78 is 15.7. The molecule has 32 heavy (non-hydrogen) atoms. The fourth-order valence-corrected chi connectivity index (χ4v) is 7.54. The summed E-state index contributed by atoms with van der Waals surface area (Å²) in [6.45, 7) is 4.58. The number of fused-ring (bicyclic) bond motifs is 2. The van der Waals surface area contributed by atoms with Crippen molar-refractivity contribution in [3.8, 4) is 0 Å². The van der Waals surface area contributed by atoms with Crippen LogP contribution in [0.1, 0.15) is 139 Å². The molecule has 0 N–H and O–H groups in total. The third-order valence-electron chi connectivity index (χ3n) is 9.52. The van der Waals surface area contributed by atoms with Gasteiger partial charge in [-0.05, 0) is 97.6 Å². The quantitative estimate of drug-likeness (QED) is 0.317. The highest BCUT2D eigenvalue weighted by atomic mass is 19.1. The van der Waals surface area contributed by atoms with E-state index in [0.29, 0.717) is 5.92 Å². The van der Waals surface area contributed by atoms with Gasteiger partial charge in [-0.3, -0.25) is 0 Å². The van der Waals surface area contributed by atoms with Crippen LogP contribution in [0.5, 0.6) is 0 Å². The molecule has 1 aromatic carbocycles. The Morgan fingerprint density at radius 2 is 1.47 bits per heavy atom. The molecule has 0 aliphatic heterocycles. The Hall–Kier alpha value is -0.850. The van der Waals surface area contributed by atoms with Gasteiger partial charge in [-0.15, -0.1) is 0 Å². The summed E-state index contributed by atoms with van der Waals surface area (Å²) in [7, 11) is 0. The average molecular weight is 441 g/mol. The molecule has 4 rings (SSSR count). The number of hydrogen-bond acceptors (Lipinski definition) is 0. The molecule has 3 aliphatic carbocycles. The second-order valence-corrected chi connectivity index (χ2v) is 11.8. The van der Waals surface area contributed by atoms with E-state index in [2.05, 4.69) is 26.0 Å². The first-order valence-corrected chi connectivity index (χ1v) is 14.5. The highest BCUT2D eigenvalue weighted by Crippen LogP contribution is 2.49. The smallest absolute Gasteiger partial charge is 0.130 e. The second-order valence-electron chi connectivity index (χ2n) is 11.8. The lowest BCUT2D eigenvalue weighted by atomic mass is 9.63. The molecular weight excluding hydrogens is 391 g/mol. The minimum atomic E-state index is 0.197. The van der Waals surface area contributed by atoms with Crippen LogP contribution in [0.3, 0.4) is 0 Å². The lowest BCUT2D eigenvalue weighted by molar-refractivity contribution is 0.112. The molecule has 5 atom stereocenters. The second kappa shape index (κ2) is 12.0. The van der Waals surface area contributed by atoms with Crippen LogP contribution in [0.4, 0.5) is 4.39 Å². The SMILES string of the molecule is CCCCCCC1CCC2CC(c3ccc4c(c3F)CCC(CCCCC)C4)CCC2C1. The summed E-state index contributed by atoms with van der Waals surface area (Å²) >= 11 is 0. The van der Waals surface area contributed by atoms with Gasteiger partial charge >= 0.3 is 0 Å². The van der Waals surface area contributed by atoms with Gasteiger partial charge in [0.05, 0.1) is 0 Å². The minimum absolute atomic E-state index is 0.197. The highest BCUT2D eigenvalue weighted by molar-refractivity contribution is 5.38. The van der Waals surface area contributed by atoms with Crippen LogP contribution in [0, 0.1) is 29.5 Å². The molecule has 0 heterocycles. The first kappa shape index (κ1) is 24.3. The van der Waals surface area contributed by atoms with Crippen LogP contribution in [-0.4, -0.2) is 0 Å². The van der Waals surface area contributed by atoms with Gasteiger partial charge in [0, 0.05) is 0 Å². The van der Waals surface area contributed by atoms with Crippen LogP contribution in [0.2, 0.25) is 0 Å². The Labute approximate surface area is 198 Å². The Balaban J connectivity index is 1.31. The van der Waals surface area contributed by atoms with Crippen LogP contribution < -0.4 is 0 Å². The number of rotatable bonds is 10. The maximum Gasteiger partial charge on any atom is 0.130 e. The zero-order valence-corrected chi connectivity index (χ0v) is 21.1. The van der Waals surface area contributed by atoms with Crippen molar-refractivity contribution in [3.05, 3.63) is 34.6 Å². The summed E-state index contributed by atoms with van der Waals surface area (Å²) in [5.41, 5.74) is 3.50. The van der Waals surface area contributed by atoms with E-state index in [0.717, 1.165) is 47.6 Å². The fourth-order valence-electron chi connectivity index (χ4n) is 7.54. The van der Waals surface area contributed by atoms with Gasteiger partial charge in [0.2, 0.25) is 0 Å². The van der Waals surface area contributed by atoms with Crippen molar-refractivity contribution in [2.24, 2.45) is 23.7 Å². The van der Waals surface area contributed by atoms with Crippen LogP contribution in [-0.2, 0) is 12.8 Å². The fraction of sp³-hybridized carbons (Fsp3) is 0.806. The molecule has 3 aliphatic rings. The molecule has 2 fully saturated rings. The van der Waals surface area contributed by atoms with Crippen molar-refractivity contribution in [1.82, 2.24) is 0 Å². The Kier molecular flexibility index (Phi) is 9.13. The van der Waals surface area contributed by atoms with E-state index in [-0.39, 0.29) is 5.82 Å². The number of halogens is 1. The van der Waals surface area contributed by atoms with Crippen molar-refractivity contribution in [1.29, 1.82) is 0 Å². The Morgan fingerprint density at radius 1 is 0.750 bits per heavy atom. The number of hydrogen-bond donors (Lipinski definition) is 0. The van der Waals surface area contributed by atoms with Crippen LogP contribution >= 0.6 is 0 Å². The summed E-state index contributed by atoms with van der Waals surface area (Å²) in [5.74, 6) is 4.23. The van der Waals surface area contributed by atoms with Gasteiger partial charge < -0.3 is 0 Å². The molecule has 180 valence electrons. The first-order valence-electron chi connectivity index (χ1n) is 14.5. The summed E-state index contributed by atoms with van der Waals surface area (Å²) in [6, 6.07) is 4.52. The number of unbranched alkanes of at least 4 members (excludes halogenated alkanes) is 5. The van der Waals surface area contributed by atoms with Crippen molar-refractivity contribution >= 4 is 0 Å². The van der Waals surface area contributed by atoms with E-state index in [1.165, 1.54) is 108 Å². The van der Waals surface area contributed by atoms with Crippen molar-refractivity contribution in [3.63, 3.8) is 0 Å². The molecule has 1 aromatic rings. The van der Waals surface area contributed by atoms with Gasteiger partial charge in [-0.2, -0.15) is 0 Å². The number of benzene rings is 1. The van der Waals surface area contributed by atoms with E-state index in [1.54, 1.807) is 0 Å². The van der Waals surface area contributed by atoms with E-state index in [1.807, 2.05) is 0 Å². The van der Waals surface area contributed by atoms with Crippen molar-refractivity contribution in [2.45, 2.75) is 135 Å². The lowest BCUT2D eigenvalue weighted by Gasteiger charge is -2.42. The first-order chi connectivity index (χ1) is 15.7. The average Bonchev–Trinajstić information content (AvgIpc) is 2.82. The van der Waals surface area contributed by atoms with Crippen molar-refractivity contribution < 1.29 is 4.39 Å². The van der Waals surface area contributed by atoms with Gasteiger partial charge in [0.15, 0.2) is 0 Å². The Bertz CT molecular complexity index is 707. The Morgan fingerprint density at radius 3 is 2.31 bits per heavy atom. The molecule has 0 aromatic heterocycles. The molecule has 0 amide bonds. The largest absolute Gasteiger partial charge is 0.206 e. The molecule has 0 radical (unpaired) electrons. The maximum atomic E-state index is 15.7. The minimum Gasteiger partial charge on any atom is -0.206 e. The molecule has 0 nitrogen and oxygen atoms in total. The summed E-state index contributed by atoms with van der Waals surface area (Å²) in [6.07, 6.45) is 23.8. The van der Waals surface area contributed by atoms with Crippen LogP contribution in [0.15, 0.2) is 12.1 Å². The topological polar surface area (TPSA) is 0 Å². The molecular formula is C31H49F. The monoisotopic (exact) mass is 440 g/mol. The predicted molar refractivity (Wildman–Crippen MR) is 136 cm³/mol. The van der Waals surface area contributed by atoms with E-state index < -0.39 is 0 Å². The molecule has 0 spiro atoms. The highest BCUT2D eigenvalue weighted by Gasteiger charge is 2.37. The van der Waals surface area contributed by atoms with Gasteiger partial charge in [-0.25, -0.2) is 4.39 Å². The molecule has 5 unspecified atom stereocenters. The van der Waals surface area contributed by atoms with E-state index in [4.69, 9.17) is 0 Å². The summed E-state index contributed by atoms with van der Waals surface area (Å²) in [5, 5.41) is 0. The van der Waals surface area contributed by atoms with E-state index in [9.17, 15) is 0 Å². The third kappa shape index (κ3) is 5.98. The molecule has 2 saturated carbocycles. The molecule has 0 bridgehead atoms. The van der Waals surface area contributed by atoms with Crippen LogP contribution in [0.25, 0.3) is 0 Å². The normalized spacial score (nSPS) is 30.0. The van der Waals surface area contributed by atoms with E-state index >= 15 is 4.39 Å². The van der Waals surface area contributed by atoms with Gasteiger partial charge in [-0.1, -0.05) is 90.2 Å². The lowest BCUT2D eigenvalue weighted by Crippen LogP contribution is -2.31. The third-order valence-corrected chi connectivity index (χ3v) is 9.52. The van der Waals surface area contributed by atoms with Crippen molar-refractivity contribution in [2.75, 3.05) is 0 Å². The zero-order chi connectivity index (χ0) is 22.3. The standard InChI is InChI=1S/C31H49F/c1-3-5-7-9-11-23-12-14-26-22-28(16-15-25(26)20-23)30-19-17-27-21-24(10-8-6-4-2)13-18-29(27)31(30)32/h17,19,23-26,28H,3-16,18,20-22H2,1-2H3. The maximum absolute atomic E-state index is 15.7. The van der Waals surface area contributed by atoms with Gasteiger partial charge in [0.1, 0.15) is 5.82 Å². The summed E-state index contributed by atoms with van der Waals surface area (Å²) in [4.78, 5) is 0. The van der Waals surface area contributed by atoms with Gasteiger partial charge in [0.25, 0.3) is 0 Å². The zero-order valence-electron chi connectivity index (χ0n) is 21.1. The predicted octanol–water partition coefficient (Wildman–Crippen LogP) is 9.78. The molecule has 1 heteroatoms. The molecule has 0 saturated heterocycles.